The number of likely N-dealkylation sites (N-methyl/N-ethyl adjacent to an activating group) is 2. The van der Waals surface area contributed by atoms with Crippen molar-refractivity contribution in [3.05, 3.63) is 35.6 Å². The van der Waals surface area contributed by atoms with Crippen molar-refractivity contribution < 1.29 is 57.3 Å². The molecular weight excluding hydrogens is 946 g/mol. The van der Waals surface area contributed by atoms with Crippen LogP contribution in [-0.4, -0.2) is 161 Å². The lowest BCUT2D eigenvalue weighted by Gasteiger charge is -2.41. The van der Waals surface area contributed by atoms with E-state index in [1.165, 1.54) is 48.3 Å². The highest BCUT2D eigenvalue weighted by atomic mass is 32.2. The molecule has 3 rings (SSSR count). The largest absolute Gasteiger partial charge is 0.480 e. The predicted octanol–water partition coefficient (Wildman–Crippen LogP) is 6.79. The second kappa shape index (κ2) is 30.1. The van der Waals surface area contributed by atoms with Gasteiger partial charge in [0, 0.05) is 73.0 Å². The van der Waals surface area contributed by atoms with E-state index in [-0.39, 0.29) is 90.4 Å². The highest BCUT2D eigenvalue weighted by molar-refractivity contribution is 8.00. The first-order valence-corrected chi connectivity index (χ1v) is 27.2. The van der Waals surface area contributed by atoms with Crippen LogP contribution in [0.15, 0.2) is 24.3 Å². The molecule has 0 bridgehead atoms. The van der Waals surface area contributed by atoms with Gasteiger partial charge in [-0.1, -0.05) is 86.8 Å². The Bertz CT molecular complexity index is 1970. The third-order valence-electron chi connectivity index (χ3n) is 14.8. The van der Waals surface area contributed by atoms with Gasteiger partial charge in [-0.15, -0.1) is 11.8 Å². The first-order chi connectivity index (χ1) is 34.0. The number of amides is 6. The molecule has 2 N–H and O–H groups in total. The molecule has 2 saturated heterocycles. The van der Waals surface area contributed by atoms with E-state index in [9.17, 15) is 47.9 Å². The highest BCUT2D eigenvalue weighted by Gasteiger charge is 2.44. The highest BCUT2D eigenvalue weighted by Crippen LogP contribution is 2.32. The number of rotatable bonds is 32. The van der Waals surface area contributed by atoms with Crippen LogP contribution in [0.3, 0.4) is 0 Å². The van der Waals surface area contributed by atoms with E-state index >= 15 is 0 Å². The second-order valence-electron chi connectivity index (χ2n) is 20.6. The first kappa shape index (κ1) is 61.9. The molecule has 10 atom stereocenters. The van der Waals surface area contributed by atoms with Crippen LogP contribution in [0.4, 0.5) is 4.39 Å². The molecule has 0 spiro atoms. The van der Waals surface area contributed by atoms with Crippen LogP contribution in [0.2, 0.25) is 0 Å². The van der Waals surface area contributed by atoms with Crippen LogP contribution in [0.1, 0.15) is 138 Å². The number of halogens is 1. The van der Waals surface area contributed by atoms with Gasteiger partial charge >= 0.3 is 5.97 Å². The maximum atomic E-state index is 14.7. The molecule has 1 aromatic carbocycles. The van der Waals surface area contributed by atoms with Crippen molar-refractivity contribution in [2.24, 2.45) is 29.6 Å². The van der Waals surface area contributed by atoms with E-state index in [1.54, 1.807) is 42.6 Å². The topological polar surface area (TPSA) is 200 Å². The number of carboxylic acid groups (broad SMARTS) is 1. The molecule has 72 heavy (non-hydrogen) atoms. The number of nitrogens with one attached hydrogen (secondary N) is 1. The zero-order chi connectivity index (χ0) is 54.0. The third-order valence-corrected chi connectivity index (χ3v) is 16.1. The van der Waals surface area contributed by atoms with E-state index in [0.29, 0.717) is 57.2 Å². The number of methoxy groups -OCH3 is 2. The number of aliphatic carboxylic acids is 1. The summed E-state index contributed by atoms with van der Waals surface area (Å²) in [5.41, 5.74) is 0.535. The van der Waals surface area contributed by atoms with Crippen LogP contribution in [0.25, 0.3) is 0 Å². The fourth-order valence-corrected chi connectivity index (χ4v) is 11.6. The summed E-state index contributed by atoms with van der Waals surface area (Å²) in [7, 11) is 6.27. The minimum Gasteiger partial charge on any atom is -0.480 e. The Morgan fingerprint density at radius 3 is 2.12 bits per heavy atom. The molecule has 406 valence electrons. The van der Waals surface area contributed by atoms with Crippen LogP contribution < -0.4 is 5.32 Å². The SMILES string of the molecule is CCCCSC1CC(=O)N(CCCCCC(=O)N(C)[C@H](C(=O)C[C@H](C(=O)N(C)[C@@H]([C@@H](C)CC)[C@@H](CC(=O)N2CCC[C@H]2[C@H](OC)[C@@H](C)C(=O)N[C@@H](Cc2ccc(F)cc2)C(=O)O)OC)C(C)C)C(C)C)C1=O. The summed E-state index contributed by atoms with van der Waals surface area (Å²) in [5, 5.41) is 12.2. The minimum absolute atomic E-state index is 0.0600. The molecule has 0 radical (unpaired) electrons. The van der Waals surface area contributed by atoms with Crippen LogP contribution in [0, 0.1) is 35.4 Å². The monoisotopic (exact) mass is 1030 g/mol. The van der Waals surface area contributed by atoms with Crippen molar-refractivity contribution in [3.8, 4) is 0 Å². The maximum absolute atomic E-state index is 14.7. The van der Waals surface area contributed by atoms with E-state index in [1.807, 2.05) is 41.5 Å². The molecule has 1 aromatic rings. The molecule has 18 heteroatoms. The molecule has 2 fully saturated rings. The minimum atomic E-state index is -1.28. The Morgan fingerprint density at radius 2 is 1.56 bits per heavy atom. The Balaban J connectivity index is 1.68. The summed E-state index contributed by atoms with van der Waals surface area (Å²) in [4.78, 5) is 114. The number of ether oxygens (including phenoxy) is 2. The number of thioether (sulfide) groups is 1. The molecule has 2 heterocycles. The molecule has 6 amide bonds. The number of carboxylic acids is 1. The summed E-state index contributed by atoms with van der Waals surface area (Å²) in [6.45, 7) is 16.0. The molecule has 2 aliphatic heterocycles. The van der Waals surface area contributed by atoms with Gasteiger partial charge < -0.3 is 34.6 Å². The number of ketones is 1. The van der Waals surface area contributed by atoms with Crippen molar-refractivity contribution in [1.82, 2.24) is 24.9 Å². The normalized spacial score (nSPS) is 19.4. The fraction of sp³-hybridized carbons (Fsp3) is 0.741. The number of nitrogens with zero attached hydrogens (tertiary/aromatic N) is 4. The van der Waals surface area contributed by atoms with Crippen molar-refractivity contribution in [3.63, 3.8) is 0 Å². The van der Waals surface area contributed by atoms with E-state index in [0.717, 1.165) is 18.6 Å². The average Bonchev–Trinajstić information content (AvgIpc) is 3.93. The van der Waals surface area contributed by atoms with Gasteiger partial charge in [0.2, 0.25) is 35.4 Å². The lowest BCUT2D eigenvalue weighted by atomic mass is 9.83. The summed E-state index contributed by atoms with van der Waals surface area (Å²) >= 11 is 1.55. The van der Waals surface area contributed by atoms with Crippen LogP contribution in [0.5, 0.6) is 0 Å². The fourth-order valence-electron chi connectivity index (χ4n) is 10.4. The van der Waals surface area contributed by atoms with Crippen LogP contribution in [-0.2, 0) is 54.3 Å². The summed E-state index contributed by atoms with van der Waals surface area (Å²) in [5.74, 6) is -4.84. The van der Waals surface area contributed by atoms with Crippen molar-refractivity contribution >= 4 is 59.0 Å². The summed E-state index contributed by atoms with van der Waals surface area (Å²) < 4.78 is 25.4. The molecule has 0 saturated carbocycles. The second-order valence-corrected chi connectivity index (χ2v) is 22.0. The number of hydrogen-bond donors (Lipinski definition) is 2. The van der Waals surface area contributed by atoms with Gasteiger partial charge in [-0.2, -0.15) is 0 Å². The quantitative estimate of drug-likeness (QED) is 0.0567. The Morgan fingerprint density at radius 1 is 0.889 bits per heavy atom. The Labute approximate surface area is 432 Å². The average molecular weight is 1030 g/mol. The molecule has 2 aliphatic rings. The number of imide groups is 1. The maximum Gasteiger partial charge on any atom is 0.326 e. The lowest BCUT2D eigenvalue weighted by molar-refractivity contribution is -0.150. The van der Waals surface area contributed by atoms with Gasteiger partial charge in [-0.05, 0) is 73.3 Å². The predicted molar refractivity (Wildman–Crippen MR) is 276 cm³/mol. The van der Waals surface area contributed by atoms with Crippen molar-refractivity contribution in [1.29, 1.82) is 0 Å². The van der Waals surface area contributed by atoms with Gasteiger partial charge in [-0.3, -0.25) is 38.5 Å². The lowest BCUT2D eigenvalue weighted by Crippen LogP contribution is -2.55. The molecule has 16 nitrogen and oxygen atoms in total. The summed E-state index contributed by atoms with van der Waals surface area (Å²) in [6, 6.07) is 2.25. The third kappa shape index (κ3) is 17.1. The number of hydrogen-bond acceptors (Lipinski definition) is 11. The van der Waals surface area contributed by atoms with E-state index in [2.05, 4.69) is 12.2 Å². The summed E-state index contributed by atoms with van der Waals surface area (Å²) in [6.07, 6.45) is 4.28. The van der Waals surface area contributed by atoms with Gasteiger partial charge in [-0.25, -0.2) is 9.18 Å². The first-order valence-electron chi connectivity index (χ1n) is 26.2. The van der Waals surface area contributed by atoms with E-state index < -0.39 is 65.9 Å². The molecule has 1 unspecified atom stereocenters. The Kier molecular flexibility index (Phi) is 25.8. The standard InChI is InChI=1S/C54H86FN5O11S/c1-13-15-28-72-44-32-47(64)60(53(44)67)26-18-16-17-21-45(62)57(9)48(34(5)6)42(61)30-39(33(3)4)52(66)58(10)49(35(7)14-2)43(70-11)31-46(63)59-27-19-20-41(59)50(71-12)36(8)51(65)56-40(54(68)69)29-37-22-24-38(55)25-23-37/h22-25,33-36,39-41,43-44,48-50H,13-21,26-32H2,1-12H3,(H,56,65)(H,68,69)/t35-,36+,39-,40-,41-,43+,44?,48-,49-,50+/m0/s1. The number of benzene rings is 1. The number of likely N-dealkylation sites (tertiary alicyclic amines) is 2. The molecule has 0 aromatic heterocycles. The van der Waals surface area contributed by atoms with Gasteiger partial charge in [0.25, 0.3) is 0 Å². The molecule has 0 aliphatic carbocycles. The van der Waals surface area contributed by atoms with Gasteiger partial charge in [0.1, 0.15) is 11.9 Å². The van der Waals surface area contributed by atoms with E-state index in [4.69, 9.17) is 9.47 Å². The Hall–Kier alpha value is -4.42. The number of carbonyl (C=O) groups is 8. The van der Waals surface area contributed by atoms with Crippen molar-refractivity contribution in [2.75, 3.05) is 47.2 Å². The number of unbranched alkanes of at least 4 members (excludes halogenated alkanes) is 3. The van der Waals surface area contributed by atoms with Gasteiger partial charge in [0.05, 0.1) is 47.9 Å². The van der Waals surface area contributed by atoms with Crippen LogP contribution >= 0.6 is 11.8 Å². The van der Waals surface area contributed by atoms with Crippen molar-refractivity contribution in [2.45, 2.75) is 180 Å². The zero-order valence-corrected chi connectivity index (χ0v) is 46.0. The van der Waals surface area contributed by atoms with Gasteiger partial charge in [0.15, 0.2) is 5.78 Å². The molecular formula is C54H86FN5O11S. The number of Topliss-reactive ketones (excluding diaryl/α,β-unsaturated/α-hetero) is 1. The smallest absolute Gasteiger partial charge is 0.326 e. The number of carbonyl (C=O) groups excluding carboxylic acids is 7. The zero-order valence-electron chi connectivity index (χ0n) is 45.2.